The van der Waals surface area contributed by atoms with E-state index in [1.165, 1.54) is 24.5 Å². The summed E-state index contributed by atoms with van der Waals surface area (Å²) in [5.41, 5.74) is -0.0832. The molecule has 2 aromatic rings. The largest absolute Gasteiger partial charge is 0.451 e. The second-order valence-corrected chi connectivity index (χ2v) is 15.7. The van der Waals surface area contributed by atoms with Gasteiger partial charge in [-0.1, -0.05) is 12.8 Å². The summed E-state index contributed by atoms with van der Waals surface area (Å²) in [5.74, 6) is 0.779. The third-order valence-corrected chi connectivity index (χ3v) is 10.4. The molecule has 11 nitrogen and oxygen atoms in total. The molecular formula is C37H53FN6O5. The highest BCUT2D eigenvalue weighted by Crippen LogP contribution is 2.45. The number of aromatic nitrogens is 2. The standard InChI is InChI=1S/C37H53FN6O5/c1-25(2)44(28-8-6-7-9-28)34(45)30-18-26(38)10-13-31(30)48-32-19-39-24-40-33(32)43-22-37(23-43)14-16-42(17-15-37)20-29-12-11-27(21-47-29)41-35(46)49-36(3,4)5/h10,13,18-19,24-25,27-29H,6-9,11-12,14-17,20-23H2,1-5H3,(H,41,46)/t27-,29+/m1/s1. The van der Waals surface area contributed by atoms with E-state index in [4.69, 9.17) is 14.2 Å². The smallest absolute Gasteiger partial charge is 0.407 e. The second-order valence-electron chi connectivity index (χ2n) is 15.7. The zero-order valence-corrected chi connectivity index (χ0v) is 29.8. The van der Waals surface area contributed by atoms with Gasteiger partial charge in [-0.3, -0.25) is 4.79 Å². The van der Waals surface area contributed by atoms with Crippen LogP contribution in [0.4, 0.5) is 15.0 Å². The number of nitrogens with one attached hydrogen (secondary N) is 1. The lowest BCUT2D eigenvalue weighted by atomic mass is 9.72. The highest BCUT2D eigenvalue weighted by atomic mass is 19.1. The number of amides is 2. The third kappa shape index (κ3) is 8.63. The molecule has 2 amide bonds. The van der Waals surface area contributed by atoms with Crippen molar-refractivity contribution in [2.45, 2.75) is 116 Å². The summed E-state index contributed by atoms with van der Waals surface area (Å²) in [6, 6.07) is 4.27. The highest BCUT2D eigenvalue weighted by molar-refractivity contribution is 5.97. The van der Waals surface area contributed by atoms with Gasteiger partial charge in [0.05, 0.1) is 30.5 Å². The monoisotopic (exact) mass is 680 g/mol. The SMILES string of the molecule is CC(C)N(C(=O)c1cc(F)ccc1Oc1cncnc1N1CC2(CCN(C[C@@H]3CC[C@@H](NC(=O)OC(C)(C)C)CO3)CC2)C1)C1CCCC1. The summed E-state index contributed by atoms with van der Waals surface area (Å²) in [7, 11) is 0. The molecule has 268 valence electrons. The van der Waals surface area contributed by atoms with Crippen molar-refractivity contribution in [2.75, 3.05) is 44.2 Å². The summed E-state index contributed by atoms with van der Waals surface area (Å²) >= 11 is 0. The quantitative estimate of drug-likeness (QED) is 0.332. The van der Waals surface area contributed by atoms with Crippen LogP contribution in [0.5, 0.6) is 11.5 Å². The van der Waals surface area contributed by atoms with Gasteiger partial charge >= 0.3 is 6.09 Å². The van der Waals surface area contributed by atoms with Gasteiger partial charge in [-0.05, 0) is 104 Å². The first-order valence-corrected chi connectivity index (χ1v) is 18.1. The molecule has 0 bridgehead atoms. The molecular weight excluding hydrogens is 627 g/mol. The molecule has 3 aliphatic heterocycles. The number of hydrogen-bond acceptors (Lipinski definition) is 9. The molecule has 0 radical (unpaired) electrons. The Bertz CT molecular complexity index is 1450. The van der Waals surface area contributed by atoms with E-state index in [0.29, 0.717) is 23.9 Å². The first-order valence-electron chi connectivity index (χ1n) is 18.1. The van der Waals surface area contributed by atoms with E-state index in [1.807, 2.05) is 39.5 Å². The van der Waals surface area contributed by atoms with Gasteiger partial charge in [-0.25, -0.2) is 19.2 Å². The van der Waals surface area contributed by atoms with Crippen molar-refractivity contribution in [1.82, 2.24) is 25.1 Å². The Morgan fingerprint density at radius 3 is 2.49 bits per heavy atom. The number of likely N-dealkylation sites (tertiary alicyclic amines) is 1. The van der Waals surface area contributed by atoms with Crippen LogP contribution < -0.4 is 15.0 Å². The maximum absolute atomic E-state index is 14.5. The predicted molar refractivity (Wildman–Crippen MR) is 185 cm³/mol. The van der Waals surface area contributed by atoms with Crippen LogP contribution >= 0.6 is 0 Å². The Labute approximate surface area is 289 Å². The van der Waals surface area contributed by atoms with E-state index in [2.05, 4.69) is 25.1 Å². The third-order valence-electron chi connectivity index (χ3n) is 10.4. The highest BCUT2D eigenvalue weighted by Gasteiger charge is 2.46. The number of benzene rings is 1. The molecule has 6 rings (SSSR count). The number of anilines is 1. The van der Waals surface area contributed by atoms with Crippen molar-refractivity contribution < 1.29 is 28.2 Å². The van der Waals surface area contributed by atoms with Crippen molar-refractivity contribution in [3.05, 3.63) is 42.1 Å². The van der Waals surface area contributed by atoms with E-state index in [1.54, 1.807) is 6.20 Å². The van der Waals surface area contributed by atoms with Crippen molar-refractivity contribution in [1.29, 1.82) is 0 Å². The summed E-state index contributed by atoms with van der Waals surface area (Å²) < 4.78 is 32.4. The van der Waals surface area contributed by atoms with Gasteiger partial charge in [0.1, 0.15) is 23.5 Å². The first-order chi connectivity index (χ1) is 23.4. The number of alkyl carbamates (subject to hydrolysis) is 1. The topological polar surface area (TPSA) is 109 Å². The van der Waals surface area contributed by atoms with Gasteiger partial charge in [0, 0.05) is 37.1 Å². The molecule has 1 aliphatic carbocycles. The molecule has 1 saturated carbocycles. The Morgan fingerprint density at radius 1 is 1.10 bits per heavy atom. The molecule has 2 atom stereocenters. The van der Waals surface area contributed by atoms with E-state index < -0.39 is 11.4 Å². The van der Waals surface area contributed by atoms with Crippen molar-refractivity contribution in [2.24, 2.45) is 5.41 Å². The number of rotatable bonds is 9. The van der Waals surface area contributed by atoms with Gasteiger partial charge in [0.25, 0.3) is 5.91 Å². The Morgan fingerprint density at radius 2 is 1.84 bits per heavy atom. The summed E-state index contributed by atoms with van der Waals surface area (Å²) in [6.45, 7) is 14.8. The van der Waals surface area contributed by atoms with Gasteiger partial charge in [-0.15, -0.1) is 0 Å². The molecule has 0 unspecified atom stereocenters. The fourth-order valence-electron chi connectivity index (χ4n) is 7.91. The number of hydrogen-bond donors (Lipinski definition) is 1. The Hall–Kier alpha value is -3.51. The van der Waals surface area contributed by atoms with Gasteiger partial charge in [0.2, 0.25) is 0 Å². The zero-order chi connectivity index (χ0) is 34.8. The maximum atomic E-state index is 14.5. The number of nitrogens with zero attached hydrogens (tertiary/aromatic N) is 5. The van der Waals surface area contributed by atoms with Gasteiger partial charge in [0.15, 0.2) is 11.6 Å². The summed E-state index contributed by atoms with van der Waals surface area (Å²) in [4.78, 5) is 41.4. The number of ether oxygens (including phenoxy) is 3. The molecule has 4 aliphatic rings. The van der Waals surface area contributed by atoms with Crippen LogP contribution in [0.3, 0.4) is 0 Å². The zero-order valence-electron chi connectivity index (χ0n) is 29.8. The second kappa shape index (κ2) is 14.8. The fraction of sp³-hybridized carbons (Fsp3) is 0.676. The lowest BCUT2D eigenvalue weighted by Crippen LogP contribution is -2.61. The van der Waals surface area contributed by atoms with Crippen molar-refractivity contribution in [3.8, 4) is 11.5 Å². The minimum Gasteiger partial charge on any atom is -0.451 e. The Balaban J connectivity index is 1.02. The van der Waals surface area contributed by atoms with E-state index in [-0.39, 0.29) is 47.2 Å². The molecule has 4 fully saturated rings. The predicted octanol–water partition coefficient (Wildman–Crippen LogP) is 6.18. The van der Waals surface area contributed by atoms with Crippen LogP contribution in [-0.4, -0.2) is 101 Å². The fourth-order valence-corrected chi connectivity index (χ4v) is 7.91. The summed E-state index contributed by atoms with van der Waals surface area (Å²) in [5, 5.41) is 2.93. The lowest BCUT2D eigenvalue weighted by molar-refractivity contribution is -0.0347. The molecule has 1 N–H and O–H groups in total. The molecule has 1 aromatic heterocycles. The minimum atomic E-state index is -0.518. The van der Waals surface area contributed by atoms with Crippen LogP contribution in [0.1, 0.15) is 96.3 Å². The average Bonchev–Trinajstić information content (AvgIpc) is 3.56. The van der Waals surface area contributed by atoms with E-state index in [0.717, 1.165) is 84.1 Å². The maximum Gasteiger partial charge on any atom is 0.407 e. The van der Waals surface area contributed by atoms with E-state index >= 15 is 0 Å². The molecule has 12 heteroatoms. The van der Waals surface area contributed by atoms with Crippen LogP contribution in [0.25, 0.3) is 0 Å². The lowest BCUT2D eigenvalue weighted by Gasteiger charge is -2.54. The van der Waals surface area contributed by atoms with Gasteiger partial charge < -0.3 is 34.2 Å². The first kappa shape index (κ1) is 35.3. The molecule has 1 aromatic carbocycles. The number of carbonyl (C=O) groups excluding carboxylic acids is 2. The number of piperidine rings is 1. The molecule has 3 saturated heterocycles. The molecule has 49 heavy (non-hydrogen) atoms. The number of carbonyl (C=O) groups is 2. The Kier molecular flexibility index (Phi) is 10.6. The van der Waals surface area contributed by atoms with Crippen LogP contribution in [0, 0.1) is 11.2 Å². The van der Waals surface area contributed by atoms with Crippen molar-refractivity contribution >= 4 is 17.8 Å². The van der Waals surface area contributed by atoms with Crippen LogP contribution in [-0.2, 0) is 9.47 Å². The average molecular weight is 681 g/mol. The minimum absolute atomic E-state index is 0.0123. The van der Waals surface area contributed by atoms with E-state index in [9.17, 15) is 14.0 Å². The molecule has 1 spiro atoms. The van der Waals surface area contributed by atoms with Crippen LogP contribution in [0.2, 0.25) is 0 Å². The van der Waals surface area contributed by atoms with Crippen LogP contribution in [0.15, 0.2) is 30.7 Å². The normalized spacial score (nSPS) is 23.0. The molecule has 4 heterocycles. The van der Waals surface area contributed by atoms with Crippen molar-refractivity contribution in [3.63, 3.8) is 0 Å². The number of halogens is 1. The summed E-state index contributed by atoms with van der Waals surface area (Å²) in [6.07, 6.45) is 11.0. The van der Waals surface area contributed by atoms with Gasteiger partial charge in [-0.2, -0.15) is 0 Å².